The normalized spacial score (nSPS) is 17.6. The molecule has 7 heteroatoms. The molecule has 1 aromatic carbocycles. The van der Waals surface area contributed by atoms with Gasteiger partial charge >= 0.3 is 0 Å². The average molecular weight is 336 g/mol. The quantitative estimate of drug-likeness (QED) is 0.731. The Labute approximate surface area is 145 Å². The van der Waals surface area contributed by atoms with E-state index in [0.29, 0.717) is 12.6 Å². The number of hydrogen-bond acceptors (Lipinski definition) is 4. The van der Waals surface area contributed by atoms with Crippen LogP contribution in [-0.4, -0.2) is 48.2 Å². The number of carbonyl (C=O) groups is 1. The molecular formula is C18H20N6O. The lowest BCUT2D eigenvalue weighted by Crippen LogP contribution is -2.40. The molecule has 128 valence electrons. The summed E-state index contributed by atoms with van der Waals surface area (Å²) in [7, 11) is 0. The summed E-state index contributed by atoms with van der Waals surface area (Å²) in [5.74, 6) is 0.0946. The highest BCUT2D eigenvalue weighted by molar-refractivity contribution is 5.94. The fraction of sp³-hybridized carbons (Fsp3) is 0.333. The number of piperidine rings is 1. The van der Waals surface area contributed by atoms with Crippen LogP contribution in [0.2, 0.25) is 0 Å². The Hall–Kier alpha value is -2.96. The average Bonchev–Trinajstić information content (AvgIpc) is 3.36. The second kappa shape index (κ2) is 6.88. The van der Waals surface area contributed by atoms with Gasteiger partial charge in [0.25, 0.3) is 5.91 Å². The van der Waals surface area contributed by atoms with E-state index in [4.69, 9.17) is 0 Å². The van der Waals surface area contributed by atoms with Crippen molar-refractivity contribution in [1.29, 1.82) is 0 Å². The van der Waals surface area contributed by atoms with Crippen molar-refractivity contribution in [3.63, 3.8) is 0 Å². The van der Waals surface area contributed by atoms with E-state index in [9.17, 15) is 4.79 Å². The minimum absolute atomic E-state index is 0.0946. The van der Waals surface area contributed by atoms with Gasteiger partial charge in [0.05, 0.1) is 18.9 Å². The molecule has 7 nitrogen and oxygen atoms in total. The summed E-state index contributed by atoms with van der Waals surface area (Å²) in [5, 5.41) is 4.10. The number of rotatable bonds is 4. The Morgan fingerprint density at radius 1 is 1.16 bits per heavy atom. The van der Waals surface area contributed by atoms with Crippen molar-refractivity contribution in [2.75, 3.05) is 13.1 Å². The molecule has 4 rings (SSSR count). The summed E-state index contributed by atoms with van der Waals surface area (Å²) < 4.78 is 3.86. The first-order valence-corrected chi connectivity index (χ1v) is 8.47. The molecule has 3 heterocycles. The third-order valence-corrected chi connectivity index (χ3v) is 4.64. The van der Waals surface area contributed by atoms with E-state index in [-0.39, 0.29) is 5.91 Å². The number of carbonyl (C=O) groups excluding carboxylic acids is 1. The first-order chi connectivity index (χ1) is 12.3. The molecule has 0 saturated carbocycles. The second-order valence-corrected chi connectivity index (χ2v) is 6.35. The summed E-state index contributed by atoms with van der Waals surface area (Å²) in [6.07, 6.45) is 10.9. The van der Waals surface area contributed by atoms with Crippen LogP contribution in [0.25, 0.3) is 0 Å². The third kappa shape index (κ3) is 3.45. The number of hydrogen-bond donors (Lipinski definition) is 0. The molecule has 0 aliphatic carbocycles. The fourth-order valence-electron chi connectivity index (χ4n) is 3.30. The van der Waals surface area contributed by atoms with Crippen molar-refractivity contribution in [3.05, 3.63) is 66.8 Å². The molecule has 1 aliphatic heterocycles. The first kappa shape index (κ1) is 15.6. The van der Waals surface area contributed by atoms with Gasteiger partial charge in [0.2, 0.25) is 0 Å². The third-order valence-electron chi connectivity index (χ3n) is 4.64. The van der Waals surface area contributed by atoms with Crippen LogP contribution in [0.15, 0.2) is 55.6 Å². The van der Waals surface area contributed by atoms with Crippen LogP contribution in [0.4, 0.5) is 0 Å². The van der Waals surface area contributed by atoms with E-state index < -0.39 is 0 Å². The summed E-state index contributed by atoms with van der Waals surface area (Å²) >= 11 is 0. The molecule has 0 spiro atoms. The molecule has 1 amide bonds. The summed E-state index contributed by atoms with van der Waals surface area (Å²) in [4.78, 5) is 22.8. The van der Waals surface area contributed by atoms with E-state index in [1.54, 1.807) is 17.2 Å². The Morgan fingerprint density at radius 2 is 2.04 bits per heavy atom. The van der Waals surface area contributed by atoms with Gasteiger partial charge in [-0.05, 0) is 30.5 Å². The molecule has 1 saturated heterocycles. The maximum absolute atomic E-state index is 12.8. The van der Waals surface area contributed by atoms with E-state index in [0.717, 1.165) is 37.1 Å². The molecule has 0 unspecified atom stereocenters. The number of benzene rings is 1. The Bertz CT molecular complexity index is 810. The molecule has 1 fully saturated rings. The predicted octanol–water partition coefficient (Wildman–Crippen LogP) is 2.00. The lowest BCUT2D eigenvalue weighted by molar-refractivity contribution is 0.0679. The summed E-state index contributed by atoms with van der Waals surface area (Å²) in [6, 6.07) is 8.07. The highest BCUT2D eigenvalue weighted by atomic mass is 16.2. The molecular weight excluding hydrogens is 316 g/mol. The van der Waals surface area contributed by atoms with Gasteiger partial charge in [0.1, 0.15) is 12.7 Å². The SMILES string of the molecule is O=C(c1ccc(Cn2cncn2)cc1)N1CCC[C@@H](n2ccnc2)C1. The number of amides is 1. The molecule has 0 N–H and O–H groups in total. The van der Waals surface area contributed by atoms with Crippen LogP contribution < -0.4 is 0 Å². The van der Waals surface area contributed by atoms with Crippen molar-refractivity contribution < 1.29 is 4.79 Å². The Kier molecular flexibility index (Phi) is 4.28. The monoisotopic (exact) mass is 336 g/mol. The minimum Gasteiger partial charge on any atom is -0.337 e. The zero-order chi connectivity index (χ0) is 17.1. The van der Waals surface area contributed by atoms with Crippen molar-refractivity contribution in [2.24, 2.45) is 0 Å². The second-order valence-electron chi connectivity index (χ2n) is 6.35. The zero-order valence-electron chi connectivity index (χ0n) is 13.9. The van der Waals surface area contributed by atoms with Crippen molar-refractivity contribution >= 4 is 5.91 Å². The number of nitrogens with zero attached hydrogens (tertiary/aromatic N) is 6. The molecule has 3 aromatic rings. The standard InChI is InChI=1S/C18H20N6O/c25-18(22-8-1-2-17(11-22)23-9-7-19-13-23)16-5-3-15(4-6-16)10-24-14-20-12-21-24/h3-7,9,12-14,17H,1-2,8,10-11H2/t17-/m1/s1. The van der Waals surface area contributed by atoms with E-state index in [1.165, 1.54) is 6.33 Å². The predicted molar refractivity (Wildman–Crippen MR) is 92.0 cm³/mol. The zero-order valence-corrected chi connectivity index (χ0v) is 13.9. The highest BCUT2D eigenvalue weighted by Gasteiger charge is 2.25. The lowest BCUT2D eigenvalue weighted by atomic mass is 10.0. The lowest BCUT2D eigenvalue weighted by Gasteiger charge is -2.33. The fourth-order valence-corrected chi connectivity index (χ4v) is 3.30. The van der Waals surface area contributed by atoms with E-state index >= 15 is 0 Å². The van der Waals surface area contributed by atoms with Gasteiger partial charge in [-0.1, -0.05) is 12.1 Å². The highest BCUT2D eigenvalue weighted by Crippen LogP contribution is 2.22. The van der Waals surface area contributed by atoms with E-state index in [1.807, 2.05) is 41.7 Å². The number of likely N-dealkylation sites (tertiary alicyclic amines) is 1. The van der Waals surface area contributed by atoms with Crippen molar-refractivity contribution in [3.8, 4) is 0 Å². The van der Waals surface area contributed by atoms with Gasteiger partial charge in [-0.25, -0.2) is 14.6 Å². The van der Waals surface area contributed by atoms with Gasteiger partial charge in [-0.2, -0.15) is 5.10 Å². The van der Waals surface area contributed by atoms with Crippen LogP contribution in [0.1, 0.15) is 34.8 Å². The van der Waals surface area contributed by atoms with Gasteiger partial charge < -0.3 is 9.47 Å². The van der Waals surface area contributed by atoms with Crippen LogP contribution in [-0.2, 0) is 6.54 Å². The maximum Gasteiger partial charge on any atom is 0.253 e. The number of imidazole rings is 1. The topological polar surface area (TPSA) is 68.8 Å². The molecule has 25 heavy (non-hydrogen) atoms. The largest absolute Gasteiger partial charge is 0.337 e. The Morgan fingerprint density at radius 3 is 2.76 bits per heavy atom. The van der Waals surface area contributed by atoms with Crippen LogP contribution in [0.3, 0.4) is 0 Å². The van der Waals surface area contributed by atoms with Gasteiger partial charge in [-0.3, -0.25) is 4.79 Å². The van der Waals surface area contributed by atoms with Crippen LogP contribution >= 0.6 is 0 Å². The first-order valence-electron chi connectivity index (χ1n) is 8.47. The van der Waals surface area contributed by atoms with Gasteiger partial charge in [-0.15, -0.1) is 0 Å². The minimum atomic E-state index is 0.0946. The summed E-state index contributed by atoms with van der Waals surface area (Å²) in [5.41, 5.74) is 1.82. The molecule has 1 atom stereocenters. The van der Waals surface area contributed by atoms with Crippen LogP contribution in [0, 0.1) is 0 Å². The van der Waals surface area contributed by atoms with Gasteiger partial charge in [0.15, 0.2) is 0 Å². The van der Waals surface area contributed by atoms with Crippen molar-refractivity contribution in [1.82, 2.24) is 29.2 Å². The molecule has 0 radical (unpaired) electrons. The Balaban J connectivity index is 1.43. The van der Waals surface area contributed by atoms with Crippen molar-refractivity contribution in [2.45, 2.75) is 25.4 Å². The molecule has 0 bridgehead atoms. The smallest absolute Gasteiger partial charge is 0.253 e. The van der Waals surface area contributed by atoms with E-state index in [2.05, 4.69) is 19.6 Å². The molecule has 2 aromatic heterocycles. The summed E-state index contributed by atoms with van der Waals surface area (Å²) in [6.45, 7) is 2.20. The van der Waals surface area contributed by atoms with Crippen LogP contribution in [0.5, 0.6) is 0 Å². The molecule has 1 aliphatic rings. The number of aromatic nitrogens is 5. The van der Waals surface area contributed by atoms with Gasteiger partial charge in [0, 0.05) is 31.0 Å². The maximum atomic E-state index is 12.8.